The van der Waals surface area contributed by atoms with Crippen molar-refractivity contribution in [3.05, 3.63) is 182 Å². The van der Waals surface area contributed by atoms with Crippen LogP contribution in [0.2, 0.25) is 0 Å². The minimum atomic E-state index is 1.16. The number of benzene rings is 11. The molecule has 1 nitrogen and oxygen atoms in total. The molecule has 0 fully saturated rings. The molecule has 0 unspecified atom stereocenters. The smallest absolute Gasteiger partial charge is 0.0471 e. The maximum absolute atomic E-state index is 3.78. The molecule has 0 saturated carbocycles. The first-order chi connectivity index (χ1) is 26.3. The monoisotopic (exact) mass is 669 g/mol. The first kappa shape index (κ1) is 28.7. The molecular formula is C52H31N. The Balaban J connectivity index is 1.19. The van der Waals surface area contributed by atoms with Crippen molar-refractivity contribution in [3.8, 4) is 22.3 Å². The highest BCUT2D eigenvalue weighted by atomic mass is 14.7. The van der Waals surface area contributed by atoms with Crippen LogP contribution >= 0.6 is 0 Å². The van der Waals surface area contributed by atoms with Crippen molar-refractivity contribution in [2.45, 2.75) is 0 Å². The van der Waals surface area contributed by atoms with E-state index >= 15 is 0 Å². The lowest BCUT2D eigenvalue weighted by atomic mass is 9.82. The third-order valence-electron chi connectivity index (χ3n) is 11.7. The van der Waals surface area contributed by atoms with Crippen LogP contribution in [0.5, 0.6) is 0 Å². The van der Waals surface area contributed by atoms with Gasteiger partial charge in [0.25, 0.3) is 0 Å². The Bertz CT molecular complexity index is 3450. The molecule has 1 heteroatoms. The molecule has 1 aromatic heterocycles. The predicted octanol–water partition coefficient (Wildman–Crippen LogP) is 14.7. The lowest BCUT2D eigenvalue weighted by Gasteiger charge is -2.20. The van der Waals surface area contributed by atoms with Crippen molar-refractivity contribution in [1.82, 2.24) is 4.98 Å². The molecule has 53 heavy (non-hydrogen) atoms. The zero-order valence-electron chi connectivity index (χ0n) is 28.8. The Morgan fingerprint density at radius 2 is 0.717 bits per heavy atom. The Labute approximate surface area is 305 Å². The van der Waals surface area contributed by atoms with Crippen molar-refractivity contribution in [3.63, 3.8) is 0 Å². The van der Waals surface area contributed by atoms with Crippen LogP contribution in [0.4, 0.5) is 0 Å². The van der Waals surface area contributed by atoms with Gasteiger partial charge in [0.05, 0.1) is 0 Å². The molecule has 0 atom stereocenters. The zero-order valence-corrected chi connectivity index (χ0v) is 28.8. The molecular weight excluding hydrogens is 639 g/mol. The number of fused-ring (bicyclic) bond motifs is 14. The molecule has 12 aromatic rings. The van der Waals surface area contributed by atoms with Crippen LogP contribution in [-0.2, 0) is 0 Å². The summed E-state index contributed by atoms with van der Waals surface area (Å²) < 4.78 is 0. The van der Waals surface area contributed by atoms with E-state index in [9.17, 15) is 0 Å². The van der Waals surface area contributed by atoms with E-state index in [-0.39, 0.29) is 0 Å². The van der Waals surface area contributed by atoms with Crippen LogP contribution in [0.15, 0.2) is 182 Å². The van der Waals surface area contributed by atoms with Gasteiger partial charge in [-0.05, 0) is 122 Å². The highest BCUT2D eigenvalue weighted by Crippen LogP contribution is 2.49. The summed E-state index contributed by atoms with van der Waals surface area (Å²) in [6, 6.07) is 67.6. The summed E-state index contributed by atoms with van der Waals surface area (Å²) in [4.78, 5) is 3.78. The second-order valence-corrected chi connectivity index (χ2v) is 14.5. The molecule has 0 aliphatic heterocycles. The van der Waals surface area contributed by atoms with Gasteiger partial charge in [-0.3, -0.25) is 0 Å². The molecule has 0 radical (unpaired) electrons. The highest BCUT2D eigenvalue weighted by Gasteiger charge is 2.21. The van der Waals surface area contributed by atoms with Crippen LogP contribution in [0.3, 0.4) is 0 Å². The number of H-pyrrole nitrogens is 1. The van der Waals surface area contributed by atoms with Crippen molar-refractivity contribution in [1.29, 1.82) is 0 Å². The third-order valence-corrected chi connectivity index (χ3v) is 11.7. The van der Waals surface area contributed by atoms with Gasteiger partial charge < -0.3 is 4.98 Å². The van der Waals surface area contributed by atoms with E-state index < -0.39 is 0 Å². The lowest BCUT2D eigenvalue weighted by Crippen LogP contribution is -1.93. The van der Waals surface area contributed by atoms with E-state index in [0.717, 1.165) is 5.52 Å². The summed E-state index contributed by atoms with van der Waals surface area (Å²) in [6.45, 7) is 0. The second kappa shape index (κ2) is 10.8. The fourth-order valence-corrected chi connectivity index (χ4v) is 9.45. The molecule has 0 aliphatic carbocycles. The number of hydrogen-bond acceptors (Lipinski definition) is 0. The van der Waals surface area contributed by atoms with Gasteiger partial charge in [0.1, 0.15) is 0 Å². The summed E-state index contributed by atoms with van der Waals surface area (Å²) >= 11 is 0. The van der Waals surface area contributed by atoms with Crippen molar-refractivity contribution in [2.24, 2.45) is 0 Å². The van der Waals surface area contributed by atoms with Crippen molar-refractivity contribution >= 4 is 97.2 Å². The molecule has 1 N–H and O–H groups in total. The normalized spacial score (nSPS) is 12.2. The average molecular weight is 670 g/mol. The molecule has 12 rings (SSSR count). The van der Waals surface area contributed by atoms with Crippen LogP contribution in [0.25, 0.3) is 119 Å². The Hall–Kier alpha value is -6.96. The maximum atomic E-state index is 3.78. The first-order valence-corrected chi connectivity index (χ1v) is 18.4. The highest BCUT2D eigenvalue weighted by molar-refractivity contribution is 6.34. The Kier molecular flexibility index (Phi) is 5.84. The molecule has 0 amide bonds. The topological polar surface area (TPSA) is 15.8 Å². The average Bonchev–Trinajstić information content (AvgIpc) is 3.58. The molecule has 0 bridgehead atoms. The number of rotatable bonds is 2. The lowest BCUT2D eigenvalue weighted by molar-refractivity contribution is 1.55. The zero-order chi connectivity index (χ0) is 34.6. The quantitative estimate of drug-likeness (QED) is 0.139. The van der Waals surface area contributed by atoms with Crippen molar-refractivity contribution in [2.75, 3.05) is 0 Å². The van der Waals surface area contributed by atoms with Gasteiger partial charge in [0.15, 0.2) is 0 Å². The van der Waals surface area contributed by atoms with E-state index in [4.69, 9.17) is 0 Å². The maximum Gasteiger partial charge on any atom is 0.0471 e. The van der Waals surface area contributed by atoms with Gasteiger partial charge in [-0.2, -0.15) is 0 Å². The molecule has 0 saturated heterocycles. The Morgan fingerprint density at radius 3 is 1.36 bits per heavy atom. The van der Waals surface area contributed by atoms with E-state index in [2.05, 4.69) is 187 Å². The standard InChI is InChI=1S/C52H31N/c1-2-14-32-28-49-45(27-31(32)13-1)38-26-25-33(29-48(38)53-49)50-41-21-9-11-23-43(41)52(44-24-12-10-22-42(44)50)47-30-46-36-17-4-3-15-34(36)35-16-5-7-19-39(35)51(46)40-20-8-6-18-37(40)47/h1-30,53H. The minimum Gasteiger partial charge on any atom is -0.354 e. The van der Waals surface area contributed by atoms with Gasteiger partial charge in [0, 0.05) is 21.8 Å². The predicted molar refractivity (Wildman–Crippen MR) is 229 cm³/mol. The molecule has 0 spiro atoms. The van der Waals surface area contributed by atoms with Gasteiger partial charge in [-0.1, -0.05) is 158 Å². The largest absolute Gasteiger partial charge is 0.354 e. The summed E-state index contributed by atoms with van der Waals surface area (Å²) in [5.41, 5.74) is 7.37. The van der Waals surface area contributed by atoms with Gasteiger partial charge in [-0.15, -0.1) is 0 Å². The van der Waals surface area contributed by atoms with Gasteiger partial charge in [0.2, 0.25) is 0 Å². The van der Waals surface area contributed by atoms with E-state index in [1.54, 1.807) is 0 Å². The number of aromatic amines is 1. The van der Waals surface area contributed by atoms with Crippen LogP contribution in [0.1, 0.15) is 0 Å². The van der Waals surface area contributed by atoms with Crippen LogP contribution in [0, 0.1) is 0 Å². The fourth-order valence-electron chi connectivity index (χ4n) is 9.45. The van der Waals surface area contributed by atoms with Gasteiger partial charge >= 0.3 is 0 Å². The molecule has 244 valence electrons. The Morgan fingerprint density at radius 1 is 0.264 bits per heavy atom. The SMILES string of the molecule is c1ccc2cc3c(cc2c1)[nH]c1cc(-c2c4ccccc4c(-c4cc5c6ccccc6c6ccccc6c5c5ccccc45)c4ccccc24)ccc13. The van der Waals surface area contributed by atoms with Crippen LogP contribution in [-0.4, -0.2) is 4.98 Å². The molecule has 1 heterocycles. The molecule has 0 aliphatic rings. The van der Waals surface area contributed by atoms with E-state index in [1.165, 1.54) is 114 Å². The summed E-state index contributed by atoms with van der Waals surface area (Å²) in [5, 5.41) is 20.4. The summed E-state index contributed by atoms with van der Waals surface area (Å²) in [7, 11) is 0. The van der Waals surface area contributed by atoms with Crippen molar-refractivity contribution < 1.29 is 0 Å². The summed E-state index contributed by atoms with van der Waals surface area (Å²) in [6.07, 6.45) is 0. The second-order valence-electron chi connectivity index (χ2n) is 14.5. The summed E-state index contributed by atoms with van der Waals surface area (Å²) in [5.74, 6) is 0. The van der Waals surface area contributed by atoms with E-state index in [0.29, 0.717) is 0 Å². The van der Waals surface area contributed by atoms with Gasteiger partial charge in [-0.25, -0.2) is 0 Å². The van der Waals surface area contributed by atoms with Crippen LogP contribution < -0.4 is 0 Å². The minimum absolute atomic E-state index is 1.16. The number of aromatic nitrogens is 1. The molecule has 11 aromatic carbocycles. The number of nitrogens with one attached hydrogen (secondary N) is 1. The fraction of sp³-hybridized carbons (Fsp3) is 0. The first-order valence-electron chi connectivity index (χ1n) is 18.4. The van der Waals surface area contributed by atoms with E-state index in [1.807, 2.05) is 0 Å². The third kappa shape index (κ3) is 4.02. The number of hydrogen-bond donors (Lipinski definition) is 1.